The number of carbonyl (C=O) groups is 1. The Hall–Kier alpha value is -0.770. The Kier molecular flexibility index (Phi) is 3.97. The van der Waals surface area contributed by atoms with Gasteiger partial charge >= 0.3 is 6.09 Å². The fourth-order valence-electron chi connectivity index (χ4n) is 1.56. The van der Waals surface area contributed by atoms with E-state index in [4.69, 9.17) is 4.74 Å². The van der Waals surface area contributed by atoms with Crippen molar-refractivity contribution in [3.05, 3.63) is 0 Å². The Labute approximate surface area is 91.8 Å². The Bertz CT molecular complexity index is 215. The molecule has 0 spiro atoms. The number of piperidine rings is 1. The third-order valence-corrected chi connectivity index (χ3v) is 2.37. The Morgan fingerprint density at radius 1 is 1.40 bits per heavy atom. The van der Waals surface area contributed by atoms with Gasteiger partial charge in [-0.05, 0) is 40.5 Å². The normalized spacial score (nSPS) is 27.2. The fraction of sp³-hybridized carbons (Fsp3) is 0.909. The molecular weight excluding hydrogens is 192 g/mol. The van der Waals surface area contributed by atoms with Gasteiger partial charge < -0.3 is 15.4 Å². The maximum absolute atomic E-state index is 11.4. The molecule has 0 aromatic rings. The summed E-state index contributed by atoms with van der Waals surface area (Å²) in [5.74, 6) is 0. The van der Waals surface area contributed by atoms with Crippen LogP contribution in [0.4, 0.5) is 4.79 Å². The Morgan fingerprint density at radius 2 is 2.07 bits per heavy atom. The van der Waals surface area contributed by atoms with Crippen molar-refractivity contribution in [2.24, 2.45) is 0 Å². The number of alkyl carbamates (subject to hydrolysis) is 1. The van der Waals surface area contributed by atoms with E-state index in [1.165, 1.54) is 0 Å². The minimum Gasteiger partial charge on any atom is -0.445 e. The van der Waals surface area contributed by atoms with Crippen molar-refractivity contribution < 1.29 is 9.53 Å². The van der Waals surface area contributed by atoms with Crippen LogP contribution in [0.3, 0.4) is 0 Å². The van der Waals surface area contributed by atoms with Crippen LogP contribution in [-0.4, -0.2) is 30.3 Å². The van der Waals surface area contributed by atoms with Crippen molar-refractivity contribution >= 4 is 6.09 Å². The van der Waals surface area contributed by atoms with Gasteiger partial charge in [0.15, 0.2) is 0 Å². The molecule has 4 heteroatoms. The second kappa shape index (κ2) is 4.84. The zero-order valence-corrected chi connectivity index (χ0v) is 10.1. The SMILES string of the molecule is CC1CCC(OC(=O)NC(C)(C)C)CN1. The van der Waals surface area contributed by atoms with Gasteiger partial charge in [-0.25, -0.2) is 4.79 Å². The van der Waals surface area contributed by atoms with Crippen molar-refractivity contribution in [1.82, 2.24) is 10.6 Å². The molecule has 0 aromatic carbocycles. The van der Waals surface area contributed by atoms with Crippen molar-refractivity contribution in [1.29, 1.82) is 0 Å². The first-order chi connectivity index (χ1) is 6.87. The predicted molar refractivity (Wildman–Crippen MR) is 59.9 cm³/mol. The molecule has 1 aliphatic rings. The van der Waals surface area contributed by atoms with Gasteiger partial charge in [0.25, 0.3) is 0 Å². The van der Waals surface area contributed by atoms with E-state index < -0.39 is 0 Å². The van der Waals surface area contributed by atoms with E-state index in [-0.39, 0.29) is 17.7 Å². The average Bonchev–Trinajstić information content (AvgIpc) is 2.05. The lowest BCUT2D eigenvalue weighted by atomic mass is 10.0. The lowest BCUT2D eigenvalue weighted by Gasteiger charge is -2.29. The molecule has 1 heterocycles. The van der Waals surface area contributed by atoms with Crippen molar-refractivity contribution in [3.63, 3.8) is 0 Å². The number of ether oxygens (including phenoxy) is 1. The summed E-state index contributed by atoms with van der Waals surface area (Å²) in [4.78, 5) is 11.4. The molecule has 0 aliphatic carbocycles. The van der Waals surface area contributed by atoms with Gasteiger partial charge in [-0.2, -0.15) is 0 Å². The molecule has 1 aliphatic heterocycles. The summed E-state index contributed by atoms with van der Waals surface area (Å²) in [6, 6.07) is 0.538. The average molecular weight is 214 g/mol. The number of rotatable bonds is 1. The molecule has 1 amide bonds. The number of hydrogen-bond donors (Lipinski definition) is 2. The van der Waals surface area contributed by atoms with Crippen molar-refractivity contribution in [2.45, 2.75) is 58.2 Å². The zero-order valence-electron chi connectivity index (χ0n) is 10.1. The van der Waals surface area contributed by atoms with E-state index in [0.29, 0.717) is 6.04 Å². The predicted octanol–water partition coefficient (Wildman–Crippen LogP) is 1.65. The molecule has 0 saturated carbocycles. The Balaban J connectivity index is 2.27. The highest BCUT2D eigenvalue weighted by molar-refractivity contribution is 5.68. The third-order valence-electron chi connectivity index (χ3n) is 2.37. The van der Waals surface area contributed by atoms with Crippen molar-refractivity contribution in [2.75, 3.05) is 6.54 Å². The molecule has 0 aromatic heterocycles. The van der Waals surface area contributed by atoms with Gasteiger partial charge in [0.2, 0.25) is 0 Å². The van der Waals surface area contributed by atoms with Gasteiger partial charge in [-0.15, -0.1) is 0 Å². The lowest BCUT2D eigenvalue weighted by molar-refractivity contribution is 0.0712. The molecule has 1 rings (SSSR count). The van der Waals surface area contributed by atoms with E-state index in [0.717, 1.165) is 19.4 Å². The van der Waals surface area contributed by atoms with Gasteiger partial charge in [0.1, 0.15) is 6.10 Å². The summed E-state index contributed by atoms with van der Waals surface area (Å²) in [6.45, 7) is 8.73. The maximum Gasteiger partial charge on any atom is 0.407 e. The van der Waals surface area contributed by atoms with Crippen LogP contribution in [-0.2, 0) is 4.74 Å². The summed E-state index contributed by atoms with van der Waals surface area (Å²) in [7, 11) is 0. The minimum absolute atomic E-state index is 0.0172. The van der Waals surface area contributed by atoms with E-state index >= 15 is 0 Å². The Morgan fingerprint density at radius 3 is 2.53 bits per heavy atom. The number of nitrogens with one attached hydrogen (secondary N) is 2. The molecule has 4 nitrogen and oxygen atoms in total. The highest BCUT2D eigenvalue weighted by atomic mass is 16.6. The molecule has 2 N–H and O–H groups in total. The van der Waals surface area contributed by atoms with E-state index in [1.807, 2.05) is 20.8 Å². The summed E-state index contributed by atoms with van der Waals surface area (Å²) in [6.07, 6.45) is 1.71. The highest BCUT2D eigenvalue weighted by Gasteiger charge is 2.22. The topological polar surface area (TPSA) is 50.4 Å². The number of hydrogen-bond acceptors (Lipinski definition) is 3. The molecule has 2 unspecified atom stereocenters. The van der Waals surface area contributed by atoms with Crippen LogP contribution in [0, 0.1) is 0 Å². The van der Waals surface area contributed by atoms with E-state index in [9.17, 15) is 4.79 Å². The van der Waals surface area contributed by atoms with Gasteiger partial charge in [0.05, 0.1) is 0 Å². The van der Waals surface area contributed by atoms with Gasteiger partial charge in [0, 0.05) is 18.1 Å². The summed E-state index contributed by atoms with van der Waals surface area (Å²) < 4.78 is 5.30. The largest absolute Gasteiger partial charge is 0.445 e. The standard InChI is InChI=1S/C11H22N2O2/c1-8-5-6-9(7-12-8)15-10(14)13-11(2,3)4/h8-9,12H,5-7H2,1-4H3,(H,13,14). The van der Waals surface area contributed by atoms with Crippen LogP contribution in [0.2, 0.25) is 0 Å². The van der Waals surface area contributed by atoms with Crippen LogP contribution in [0.5, 0.6) is 0 Å². The smallest absolute Gasteiger partial charge is 0.407 e. The van der Waals surface area contributed by atoms with Crippen LogP contribution in [0.25, 0.3) is 0 Å². The number of amides is 1. The molecular formula is C11H22N2O2. The second-order valence-corrected chi connectivity index (χ2v) is 5.29. The molecule has 2 atom stereocenters. The molecule has 88 valence electrons. The summed E-state index contributed by atoms with van der Waals surface area (Å²) >= 11 is 0. The van der Waals surface area contributed by atoms with Crippen molar-refractivity contribution in [3.8, 4) is 0 Å². The quantitative estimate of drug-likeness (QED) is 0.698. The first kappa shape index (κ1) is 12.3. The molecule has 0 bridgehead atoms. The van der Waals surface area contributed by atoms with E-state index in [2.05, 4.69) is 17.6 Å². The first-order valence-corrected chi connectivity index (χ1v) is 5.59. The molecule has 15 heavy (non-hydrogen) atoms. The molecule has 1 fully saturated rings. The minimum atomic E-state index is -0.316. The lowest BCUT2D eigenvalue weighted by Crippen LogP contribution is -2.46. The highest BCUT2D eigenvalue weighted by Crippen LogP contribution is 2.11. The van der Waals surface area contributed by atoms with E-state index in [1.54, 1.807) is 0 Å². The van der Waals surface area contributed by atoms with Gasteiger partial charge in [-0.1, -0.05) is 0 Å². The van der Waals surface area contributed by atoms with Gasteiger partial charge in [-0.3, -0.25) is 0 Å². The molecule has 1 saturated heterocycles. The second-order valence-electron chi connectivity index (χ2n) is 5.29. The van der Waals surface area contributed by atoms with Crippen LogP contribution >= 0.6 is 0 Å². The third kappa shape index (κ3) is 5.02. The molecule has 0 radical (unpaired) electrons. The monoisotopic (exact) mass is 214 g/mol. The van der Waals surface area contributed by atoms with Crippen LogP contribution in [0.1, 0.15) is 40.5 Å². The fourth-order valence-corrected chi connectivity index (χ4v) is 1.56. The van der Waals surface area contributed by atoms with Crippen LogP contribution < -0.4 is 10.6 Å². The maximum atomic E-state index is 11.4. The first-order valence-electron chi connectivity index (χ1n) is 5.59. The summed E-state index contributed by atoms with van der Waals surface area (Å²) in [5, 5.41) is 6.08. The van der Waals surface area contributed by atoms with Crippen LogP contribution in [0.15, 0.2) is 0 Å². The summed E-state index contributed by atoms with van der Waals surface area (Å²) in [5.41, 5.74) is -0.230. The number of carbonyl (C=O) groups excluding carboxylic acids is 1. The zero-order chi connectivity index (χ0) is 11.5.